The number of oxime groups is 1. The number of rotatable bonds is 2. The molecule has 0 rings (SSSR count). The Labute approximate surface area is 50.9 Å². The first-order valence-corrected chi connectivity index (χ1v) is 2.07. The van der Waals surface area contributed by atoms with Gasteiger partial charge in [-0.05, 0) is 0 Å². The first kappa shape index (κ1) is 7.61. The predicted molar refractivity (Wildman–Crippen MR) is 27.9 cm³/mol. The van der Waals surface area contributed by atoms with E-state index in [-0.39, 0.29) is 0 Å². The van der Waals surface area contributed by atoms with Crippen LogP contribution in [0.15, 0.2) is 5.16 Å². The van der Waals surface area contributed by atoms with Crippen molar-refractivity contribution >= 4 is 18.2 Å². The number of carboxylic acid groups (broad SMARTS) is 1. The smallest absolute Gasteiger partial charge is 0.350 e. The third kappa shape index (κ3) is 6.61. The lowest BCUT2D eigenvalue weighted by molar-refractivity contribution is -0.140. The largest absolute Gasteiger partial charge is 0.477 e. The van der Waals surface area contributed by atoms with E-state index in [2.05, 4.69) is 9.99 Å². The first-order valence-electron chi connectivity index (χ1n) is 2.07. The summed E-state index contributed by atoms with van der Waals surface area (Å²) in [6.07, 6.45) is 0.488. The molecule has 0 saturated carbocycles. The van der Waals surface area contributed by atoms with E-state index in [0.29, 0.717) is 6.21 Å². The molecule has 0 amide bonds. The molecule has 5 heteroatoms. The molecule has 0 spiro atoms. The lowest BCUT2D eigenvalue weighted by atomic mass is 10.8. The number of nitrogens with zero attached hydrogens (tertiary/aromatic N) is 1. The zero-order chi connectivity index (χ0) is 7.28. The highest BCUT2D eigenvalue weighted by molar-refractivity contribution is 6.21. The monoisotopic (exact) mass is 131 g/mol. The van der Waals surface area contributed by atoms with Gasteiger partial charge in [0.05, 0.1) is 0 Å². The molecule has 0 aromatic heterocycles. The summed E-state index contributed by atoms with van der Waals surface area (Å²) in [5.74, 6) is -1.90. The minimum absolute atomic E-state index is 0.488. The van der Waals surface area contributed by atoms with Crippen LogP contribution in [0.5, 0.6) is 0 Å². The van der Waals surface area contributed by atoms with Crippen LogP contribution in [-0.2, 0) is 14.4 Å². The molecule has 0 bridgehead atoms. The van der Waals surface area contributed by atoms with Crippen LogP contribution < -0.4 is 0 Å². The molecule has 0 radical (unpaired) electrons. The van der Waals surface area contributed by atoms with Gasteiger partial charge in [-0.25, -0.2) is 9.59 Å². The third-order valence-electron chi connectivity index (χ3n) is 0.344. The fourth-order valence-corrected chi connectivity index (χ4v) is 0.146. The Kier molecular flexibility index (Phi) is 3.04. The van der Waals surface area contributed by atoms with E-state index in [4.69, 9.17) is 5.11 Å². The fourth-order valence-electron chi connectivity index (χ4n) is 0.146. The Hall–Kier alpha value is -1.39. The fraction of sp³-hybridized carbons (Fsp3) is 0.250. The number of hydrogen-bond donors (Lipinski definition) is 1. The number of carboxylic acids is 1. The van der Waals surface area contributed by atoms with Crippen LogP contribution in [0.4, 0.5) is 0 Å². The van der Waals surface area contributed by atoms with E-state index >= 15 is 0 Å². The molecule has 0 aliphatic rings. The van der Waals surface area contributed by atoms with Crippen molar-refractivity contribution in [2.75, 3.05) is 0 Å². The van der Waals surface area contributed by atoms with Crippen molar-refractivity contribution in [1.82, 2.24) is 0 Å². The summed E-state index contributed by atoms with van der Waals surface area (Å²) in [4.78, 5) is 23.4. The van der Waals surface area contributed by atoms with Crippen LogP contribution >= 0.6 is 0 Å². The second-order valence-corrected chi connectivity index (χ2v) is 1.16. The van der Waals surface area contributed by atoms with Gasteiger partial charge in [-0.15, -0.1) is 0 Å². The van der Waals surface area contributed by atoms with Gasteiger partial charge in [0, 0.05) is 6.92 Å². The highest BCUT2D eigenvalue weighted by atomic mass is 16.7. The van der Waals surface area contributed by atoms with E-state index in [0.717, 1.165) is 6.92 Å². The van der Waals surface area contributed by atoms with Gasteiger partial charge in [-0.2, -0.15) is 0 Å². The van der Waals surface area contributed by atoms with Gasteiger partial charge in [-0.1, -0.05) is 5.16 Å². The number of carbonyl (C=O) groups excluding carboxylic acids is 1. The highest BCUT2D eigenvalue weighted by Gasteiger charge is 1.89. The van der Waals surface area contributed by atoms with Crippen molar-refractivity contribution < 1.29 is 19.5 Å². The molecule has 50 valence electrons. The first-order chi connectivity index (χ1) is 4.13. The normalized spacial score (nSPS) is 9.44. The summed E-state index contributed by atoms with van der Waals surface area (Å²) < 4.78 is 0. The quantitative estimate of drug-likeness (QED) is 0.315. The van der Waals surface area contributed by atoms with Crippen molar-refractivity contribution in [3.05, 3.63) is 0 Å². The molecule has 0 saturated heterocycles. The van der Waals surface area contributed by atoms with E-state index < -0.39 is 11.9 Å². The Morgan fingerprint density at radius 3 is 2.56 bits per heavy atom. The van der Waals surface area contributed by atoms with Gasteiger partial charge in [0.2, 0.25) is 0 Å². The molecular formula is C4H5NO4. The highest BCUT2D eigenvalue weighted by Crippen LogP contribution is 1.73. The van der Waals surface area contributed by atoms with Crippen LogP contribution in [0.25, 0.3) is 0 Å². The molecule has 9 heavy (non-hydrogen) atoms. The summed E-state index contributed by atoms with van der Waals surface area (Å²) in [7, 11) is 0. The minimum Gasteiger partial charge on any atom is -0.477 e. The third-order valence-corrected chi connectivity index (χ3v) is 0.344. The predicted octanol–water partition coefficient (Wildman–Crippen LogP) is -0.380. The standard InChI is InChI=1S/C4H5NO4/c1-3(6)9-5-2-4(7)8/h2H,1H3,(H,7,8)/b5-2-. The summed E-state index contributed by atoms with van der Waals surface area (Å²) in [6, 6.07) is 0. The average Bonchev–Trinajstić information content (AvgIpc) is 1.63. The van der Waals surface area contributed by atoms with Crippen molar-refractivity contribution in [2.24, 2.45) is 5.16 Å². The molecule has 0 aliphatic carbocycles. The molecule has 0 aromatic carbocycles. The van der Waals surface area contributed by atoms with Crippen molar-refractivity contribution in [2.45, 2.75) is 6.92 Å². The minimum atomic E-state index is -1.25. The maximum Gasteiger partial charge on any atom is 0.350 e. The SMILES string of the molecule is CC(=O)O/N=C\C(=O)O. The number of carbonyl (C=O) groups is 2. The molecule has 0 heterocycles. The van der Waals surface area contributed by atoms with Crippen LogP contribution in [0.1, 0.15) is 6.92 Å². The van der Waals surface area contributed by atoms with Crippen molar-refractivity contribution in [1.29, 1.82) is 0 Å². The zero-order valence-corrected chi connectivity index (χ0v) is 4.70. The molecule has 0 aromatic rings. The van der Waals surface area contributed by atoms with Gasteiger partial charge >= 0.3 is 11.9 Å². The lowest BCUT2D eigenvalue weighted by Gasteiger charge is -1.84. The molecule has 0 unspecified atom stereocenters. The van der Waals surface area contributed by atoms with Crippen LogP contribution in [0.2, 0.25) is 0 Å². The van der Waals surface area contributed by atoms with Crippen molar-refractivity contribution in [3.8, 4) is 0 Å². The van der Waals surface area contributed by atoms with Crippen LogP contribution in [0.3, 0.4) is 0 Å². The zero-order valence-electron chi connectivity index (χ0n) is 4.70. The van der Waals surface area contributed by atoms with Crippen molar-refractivity contribution in [3.63, 3.8) is 0 Å². The Balaban J connectivity index is 3.48. The topological polar surface area (TPSA) is 76.0 Å². The Morgan fingerprint density at radius 1 is 1.67 bits per heavy atom. The summed E-state index contributed by atoms with van der Waals surface area (Å²) in [5.41, 5.74) is 0. The average molecular weight is 131 g/mol. The maximum absolute atomic E-state index is 9.90. The number of hydrogen-bond acceptors (Lipinski definition) is 4. The molecule has 0 aliphatic heterocycles. The van der Waals surface area contributed by atoms with E-state index in [1.165, 1.54) is 0 Å². The van der Waals surface area contributed by atoms with E-state index in [1.54, 1.807) is 0 Å². The lowest BCUT2D eigenvalue weighted by Crippen LogP contribution is -1.98. The molecule has 0 atom stereocenters. The molecule has 1 N–H and O–H groups in total. The Bertz CT molecular complexity index is 151. The summed E-state index contributed by atoms with van der Waals surface area (Å²) in [6.45, 7) is 1.12. The van der Waals surface area contributed by atoms with Gasteiger partial charge in [0.15, 0.2) is 6.21 Å². The van der Waals surface area contributed by atoms with Crippen LogP contribution in [-0.4, -0.2) is 23.3 Å². The Morgan fingerprint density at radius 2 is 2.22 bits per heavy atom. The summed E-state index contributed by atoms with van der Waals surface area (Å²) >= 11 is 0. The van der Waals surface area contributed by atoms with Gasteiger partial charge in [0.25, 0.3) is 0 Å². The molecule has 0 fully saturated rings. The van der Waals surface area contributed by atoms with E-state index in [1.807, 2.05) is 0 Å². The van der Waals surface area contributed by atoms with Gasteiger partial charge in [-0.3, -0.25) is 0 Å². The van der Waals surface area contributed by atoms with Crippen LogP contribution in [0, 0.1) is 0 Å². The molecular weight excluding hydrogens is 126 g/mol. The maximum atomic E-state index is 9.90. The second kappa shape index (κ2) is 3.59. The summed E-state index contributed by atoms with van der Waals surface area (Å²) in [5, 5.41) is 10.7. The second-order valence-electron chi connectivity index (χ2n) is 1.16. The van der Waals surface area contributed by atoms with E-state index in [9.17, 15) is 9.59 Å². The van der Waals surface area contributed by atoms with Gasteiger partial charge < -0.3 is 9.94 Å². The number of aliphatic carboxylic acids is 1. The van der Waals surface area contributed by atoms with Gasteiger partial charge in [0.1, 0.15) is 0 Å². The molecule has 5 nitrogen and oxygen atoms in total.